The van der Waals surface area contributed by atoms with Crippen molar-refractivity contribution in [2.24, 2.45) is 0 Å². The summed E-state index contributed by atoms with van der Waals surface area (Å²) in [7, 11) is -1.17. The molecule has 0 saturated heterocycles. The summed E-state index contributed by atoms with van der Waals surface area (Å²) in [5.74, 6) is 0.731. The van der Waals surface area contributed by atoms with E-state index in [0.717, 1.165) is 47.5 Å². The number of benzene rings is 4. The van der Waals surface area contributed by atoms with Gasteiger partial charge in [0.15, 0.2) is 0 Å². The van der Waals surface area contributed by atoms with Gasteiger partial charge in [0.05, 0.1) is 19.4 Å². The number of aryl methyl sites for hydroxylation is 1. The van der Waals surface area contributed by atoms with Crippen LogP contribution in [0.15, 0.2) is 109 Å². The van der Waals surface area contributed by atoms with Crippen molar-refractivity contribution in [2.75, 3.05) is 12.8 Å². The van der Waals surface area contributed by atoms with Crippen LogP contribution < -0.4 is 20.8 Å². The van der Waals surface area contributed by atoms with Gasteiger partial charge < -0.3 is 14.9 Å². The normalized spacial score (nSPS) is 11.6. The summed E-state index contributed by atoms with van der Waals surface area (Å²) >= 11 is 0. The Labute approximate surface area is 301 Å². The second kappa shape index (κ2) is 17.6. The molecule has 0 bridgehead atoms. The number of para-hydroxylation sites is 2. The number of unbranched alkanes of at least 4 members (excludes halogenated alkanes) is 2. The second-order valence-electron chi connectivity index (χ2n) is 14.2. The summed E-state index contributed by atoms with van der Waals surface area (Å²) < 4.78 is 26.5. The van der Waals surface area contributed by atoms with E-state index in [-0.39, 0.29) is 16.8 Å². The van der Waals surface area contributed by atoms with Crippen LogP contribution in [0.2, 0.25) is 5.04 Å². The number of hydrogen-bond acceptors (Lipinski definition) is 4. The van der Waals surface area contributed by atoms with Gasteiger partial charge in [-0.05, 0) is 82.1 Å². The Morgan fingerprint density at radius 3 is 1.82 bits per heavy atom. The van der Waals surface area contributed by atoms with E-state index in [9.17, 15) is 4.39 Å². The highest BCUT2D eigenvalue weighted by Gasteiger charge is 2.50. The van der Waals surface area contributed by atoms with Gasteiger partial charge in [-0.25, -0.2) is 4.39 Å². The molecular formula is C44H55FN2O2Si. The lowest BCUT2D eigenvalue weighted by molar-refractivity contribution is 0.284. The van der Waals surface area contributed by atoms with E-state index in [1.807, 2.05) is 30.3 Å². The number of anilines is 1. The Bertz CT molecular complexity index is 1750. The predicted octanol–water partition coefficient (Wildman–Crippen LogP) is 10.4. The lowest BCUT2D eigenvalue weighted by Gasteiger charge is -2.43. The van der Waals surface area contributed by atoms with E-state index in [4.69, 9.17) is 19.9 Å². The van der Waals surface area contributed by atoms with Crippen LogP contribution in [-0.2, 0) is 17.5 Å². The zero-order valence-electron chi connectivity index (χ0n) is 31.2. The quantitative estimate of drug-likeness (QED) is 0.0804. The van der Waals surface area contributed by atoms with Gasteiger partial charge in [-0.2, -0.15) is 0 Å². The first-order valence-electron chi connectivity index (χ1n) is 17.9. The topological polar surface area (TPSA) is 57.4 Å². The standard InChI is InChI=1S/C37H46FNOSi.C7H9NO/c1-8-9-12-21-33-28(4)39-36(27(2)3)34(35(33)29-22-24-30(38)25-23-29)26-40-41(37(5,6)7,31-17-13-10-14-18-31)32-19-15-11-16-20-32;1-9-7-5-3-2-4-6(7)8/h10-11,13-20,22-25,27H,8-9,12,21,26H2,1-7H3;2-5H,8H2,1H3. The van der Waals surface area contributed by atoms with Crippen LogP contribution in [0, 0.1) is 12.7 Å². The third-order valence-electron chi connectivity index (χ3n) is 9.34. The van der Waals surface area contributed by atoms with Crippen molar-refractivity contribution in [1.29, 1.82) is 0 Å². The minimum Gasteiger partial charge on any atom is -0.495 e. The molecule has 50 heavy (non-hydrogen) atoms. The summed E-state index contributed by atoms with van der Waals surface area (Å²) in [6.07, 6.45) is 4.38. The molecule has 0 amide bonds. The minimum atomic E-state index is -2.77. The number of methoxy groups -OCH3 is 1. The van der Waals surface area contributed by atoms with Crippen LogP contribution in [0.5, 0.6) is 5.75 Å². The molecule has 6 heteroatoms. The maximum atomic E-state index is 14.1. The fourth-order valence-electron chi connectivity index (χ4n) is 6.86. The smallest absolute Gasteiger partial charge is 0.261 e. The number of ether oxygens (including phenoxy) is 1. The zero-order chi connectivity index (χ0) is 36.3. The van der Waals surface area contributed by atoms with Gasteiger partial charge >= 0.3 is 0 Å². The maximum absolute atomic E-state index is 14.1. The fraction of sp³-hybridized carbons (Fsp3) is 0.341. The van der Waals surface area contributed by atoms with E-state index in [2.05, 4.69) is 109 Å². The number of hydrogen-bond donors (Lipinski definition) is 1. The van der Waals surface area contributed by atoms with Gasteiger partial charge in [-0.1, -0.05) is 139 Å². The predicted molar refractivity (Wildman–Crippen MR) is 212 cm³/mol. The van der Waals surface area contributed by atoms with Crippen LogP contribution in [0.3, 0.4) is 0 Å². The first-order valence-corrected chi connectivity index (χ1v) is 19.8. The average Bonchev–Trinajstić information content (AvgIpc) is 3.10. The van der Waals surface area contributed by atoms with Gasteiger partial charge in [0.25, 0.3) is 8.32 Å². The van der Waals surface area contributed by atoms with Crippen molar-refractivity contribution in [3.05, 3.63) is 138 Å². The van der Waals surface area contributed by atoms with E-state index < -0.39 is 8.32 Å². The highest BCUT2D eigenvalue weighted by molar-refractivity contribution is 6.99. The van der Waals surface area contributed by atoms with Crippen molar-refractivity contribution < 1.29 is 13.6 Å². The molecule has 2 N–H and O–H groups in total. The van der Waals surface area contributed by atoms with Gasteiger partial charge in [0.2, 0.25) is 0 Å². The molecule has 0 unspecified atom stereocenters. The molecule has 0 aliphatic rings. The van der Waals surface area contributed by atoms with Crippen LogP contribution in [0.1, 0.15) is 89.2 Å². The highest BCUT2D eigenvalue weighted by atomic mass is 28.4. The largest absolute Gasteiger partial charge is 0.495 e. The van der Waals surface area contributed by atoms with E-state index in [1.165, 1.54) is 27.9 Å². The molecule has 1 heterocycles. The Hall–Kier alpha value is -4.26. The van der Waals surface area contributed by atoms with Crippen LogP contribution in [0.25, 0.3) is 11.1 Å². The SMILES string of the molecule is CCCCCc1c(C)nc(C(C)C)c(CO[Si](c2ccccc2)(c2ccccc2)C(C)(C)C)c1-c1ccc(F)cc1.COc1ccccc1N. The molecule has 0 aliphatic heterocycles. The number of halogens is 1. The number of aromatic nitrogens is 1. The summed E-state index contributed by atoms with van der Waals surface area (Å²) in [4.78, 5) is 5.22. The maximum Gasteiger partial charge on any atom is 0.261 e. The third-order valence-corrected chi connectivity index (χ3v) is 14.3. The number of pyridine rings is 1. The lowest BCUT2D eigenvalue weighted by Crippen LogP contribution is -2.66. The minimum absolute atomic E-state index is 0.133. The molecule has 4 nitrogen and oxygen atoms in total. The van der Waals surface area contributed by atoms with E-state index in [1.54, 1.807) is 25.3 Å². The van der Waals surface area contributed by atoms with E-state index >= 15 is 0 Å². The molecule has 0 spiro atoms. The van der Waals surface area contributed by atoms with Gasteiger partial charge in [-0.3, -0.25) is 4.98 Å². The summed E-state index contributed by atoms with van der Waals surface area (Å²) in [5, 5.41) is 2.39. The van der Waals surface area contributed by atoms with Crippen molar-refractivity contribution in [1.82, 2.24) is 4.98 Å². The number of nitrogen functional groups attached to an aromatic ring is 1. The van der Waals surface area contributed by atoms with Gasteiger partial charge in [-0.15, -0.1) is 0 Å². The Morgan fingerprint density at radius 1 is 0.780 bits per heavy atom. The first kappa shape index (κ1) is 38.5. The monoisotopic (exact) mass is 690 g/mol. The molecule has 0 atom stereocenters. The van der Waals surface area contributed by atoms with Crippen molar-refractivity contribution in [2.45, 2.75) is 91.7 Å². The lowest BCUT2D eigenvalue weighted by atomic mass is 9.88. The molecule has 0 saturated carbocycles. The highest BCUT2D eigenvalue weighted by Crippen LogP contribution is 2.40. The molecule has 0 radical (unpaired) electrons. The fourth-order valence-corrected chi connectivity index (χ4v) is 11.4. The van der Waals surface area contributed by atoms with Crippen LogP contribution >= 0.6 is 0 Å². The molecule has 5 aromatic rings. The second-order valence-corrected chi connectivity index (χ2v) is 18.5. The molecule has 1 aromatic heterocycles. The molecule has 264 valence electrons. The first-order chi connectivity index (χ1) is 23.9. The Balaban J connectivity index is 0.000000541. The van der Waals surface area contributed by atoms with E-state index in [0.29, 0.717) is 12.3 Å². The molecule has 5 rings (SSSR count). The van der Waals surface area contributed by atoms with Crippen LogP contribution in [-0.4, -0.2) is 20.4 Å². The molecular weight excluding hydrogens is 636 g/mol. The van der Waals surface area contributed by atoms with Crippen molar-refractivity contribution >= 4 is 24.4 Å². The Morgan fingerprint density at radius 2 is 1.34 bits per heavy atom. The number of nitrogens with zero attached hydrogens (tertiary/aromatic N) is 1. The molecule has 0 aliphatic carbocycles. The number of nitrogens with two attached hydrogens (primary N) is 1. The van der Waals surface area contributed by atoms with Crippen LogP contribution in [0.4, 0.5) is 10.1 Å². The average molecular weight is 691 g/mol. The van der Waals surface area contributed by atoms with Gasteiger partial charge in [0, 0.05) is 17.0 Å². The molecule has 4 aromatic carbocycles. The van der Waals surface area contributed by atoms with Crippen molar-refractivity contribution in [3.63, 3.8) is 0 Å². The zero-order valence-corrected chi connectivity index (χ0v) is 32.2. The van der Waals surface area contributed by atoms with Crippen molar-refractivity contribution in [3.8, 4) is 16.9 Å². The summed E-state index contributed by atoms with van der Waals surface area (Å²) in [5.41, 5.74) is 12.9. The summed E-state index contributed by atoms with van der Waals surface area (Å²) in [6.45, 7) is 16.2. The molecule has 0 fully saturated rings. The summed E-state index contributed by atoms with van der Waals surface area (Å²) in [6, 6.07) is 36.0. The van der Waals surface area contributed by atoms with Gasteiger partial charge in [0.1, 0.15) is 11.6 Å². The number of rotatable bonds is 12. The Kier molecular flexibility index (Phi) is 13.6. The third kappa shape index (κ3) is 8.90.